The van der Waals surface area contributed by atoms with Crippen molar-refractivity contribution in [2.45, 2.75) is 53.2 Å². The van der Waals surface area contributed by atoms with Gasteiger partial charge in [0.15, 0.2) is 0 Å². The van der Waals surface area contributed by atoms with Crippen LogP contribution >= 0.6 is 0 Å². The Morgan fingerprint density at radius 1 is 1.03 bits per heavy atom. The van der Waals surface area contributed by atoms with E-state index >= 15 is 0 Å². The van der Waals surface area contributed by atoms with E-state index in [0.717, 1.165) is 10.2 Å². The van der Waals surface area contributed by atoms with E-state index in [-0.39, 0.29) is 46.8 Å². The molecule has 4 rings (SSSR count). The van der Waals surface area contributed by atoms with Gasteiger partial charge in [0.05, 0.1) is 10.9 Å². The lowest BCUT2D eigenvalue weighted by atomic mass is 10.1. The zero-order valence-electron chi connectivity index (χ0n) is 20.3. The van der Waals surface area contributed by atoms with E-state index in [2.05, 4.69) is 15.7 Å². The van der Waals surface area contributed by atoms with Gasteiger partial charge in [0, 0.05) is 23.3 Å². The van der Waals surface area contributed by atoms with Crippen LogP contribution in [0.25, 0.3) is 16.7 Å². The predicted molar refractivity (Wildman–Crippen MR) is 134 cm³/mol. The Kier molecular flexibility index (Phi) is 6.29. The van der Waals surface area contributed by atoms with Crippen LogP contribution in [0.2, 0.25) is 0 Å². The molecule has 0 aliphatic heterocycles. The summed E-state index contributed by atoms with van der Waals surface area (Å²) in [7, 11) is 0. The summed E-state index contributed by atoms with van der Waals surface area (Å²) in [5.74, 6) is -0.644. The third kappa shape index (κ3) is 4.59. The van der Waals surface area contributed by atoms with Crippen molar-refractivity contribution in [3.8, 4) is 0 Å². The van der Waals surface area contributed by atoms with Crippen LogP contribution in [0, 0.1) is 6.92 Å². The molecule has 0 bridgehead atoms. The minimum atomic E-state index is -0.583. The summed E-state index contributed by atoms with van der Waals surface area (Å²) in [4.78, 5) is 51.9. The number of carbonyl (C=O) groups is 2. The first-order valence-electron chi connectivity index (χ1n) is 11.4. The Morgan fingerprint density at radius 2 is 1.77 bits per heavy atom. The molecule has 2 aromatic carbocycles. The van der Waals surface area contributed by atoms with Crippen LogP contribution in [-0.2, 0) is 11.3 Å². The van der Waals surface area contributed by atoms with Crippen molar-refractivity contribution in [1.82, 2.24) is 24.1 Å². The Labute approximate surface area is 201 Å². The Hall–Kier alpha value is -4.21. The molecule has 2 N–H and O–H groups in total. The second-order valence-electron chi connectivity index (χ2n) is 9.12. The normalized spacial score (nSPS) is 11.5. The predicted octanol–water partition coefficient (Wildman–Crippen LogP) is 2.48. The van der Waals surface area contributed by atoms with Gasteiger partial charge in [0.2, 0.25) is 11.7 Å². The Bertz CT molecular complexity index is 1570. The van der Waals surface area contributed by atoms with Crippen LogP contribution in [0.1, 0.15) is 49.7 Å². The second kappa shape index (κ2) is 9.21. The summed E-state index contributed by atoms with van der Waals surface area (Å²) in [6.45, 7) is 8.88. The average molecular weight is 477 g/mol. The number of amides is 2. The minimum absolute atomic E-state index is 0.0791. The first-order valence-corrected chi connectivity index (χ1v) is 11.4. The van der Waals surface area contributed by atoms with Gasteiger partial charge in [-0.25, -0.2) is 13.9 Å². The van der Waals surface area contributed by atoms with Crippen LogP contribution in [0.3, 0.4) is 0 Å². The van der Waals surface area contributed by atoms with Crippen LogP contribution in [0.15, 0.2) is 52.1 Å². The van der Waals surface area contributed by atoms with E-state index < -0.39 is 11.6 Å². The zero-order valence-corrected chi connectivity index (χ0v) is 20.3. The molecule has 10 nitrogen and oxygen atoms in total. The molecule has 0 aliphatic rings. The molecule has 10 heteroatoms. The van der Waals surface area contributed by atoms with E-state index in [1.807, 2.05) is 52.8 Å². The van der Waals surface area contributed by atoms with Crippen LogP contribution in [0.4, 0.5) is 5.69 Å². The molecular formula is C25H28N6O4. The lowest BCUT2D eigenvalue weighted by molar-refractivity contribution is -0.117. The zero-order chi connectivity index (χ0) is 25.4. The molecule has 0 saturated carbocycles. The quantitative estimate of drug-likeness (QED) is 0.443. The number of anilines is 1. The SMILES string of the molecule is Cc1cccc(NC(=O)Cn2nc3n(C(C)C)c(=O)c4ccc(C(=O)NC(C)C)cc4n3c2=O)c1. The molecule has 0 atom stereocenters. The number of aromatic nitrogens is 4. The second-order valence-corrected chi connectivity index (χ2v) is 9.12. The molecule has 35 heavy (non-hydrogen) atoms. The summed E-state index contributed by atoms with van der Waals surface area (Å²) in [5, 5.41) is 10.2. The molecule has 4 aromatic rings. The van der Waals surface area contributed by atoms with E-state index in [0.29, 0.717) is 11.3 Å². The fourth-order valence-electron chi connectivity index (χ4n) is 4.00. The van der Waals surface area contributed by atoms with Crippen molar-refractivity contribution >= 4 is 34.2 Å². The summed E-state index contributed by atoms with van der Waals surface area (Å²) < 4.78 is 3.72. The van der Waals surface area contributed by atoms with Gasteiger partial charge in [-0.1, -0.05) is 12.1 Å². The number of nitrogens with zero attached hydrogens (tertiary/aromatic N) is 4. The highest BCUT2D eigenvalue weighted by Gasteiger charge is 2.21. The van der Waals surface area contributed by atoms with Gasteiger partial charge in [0.25, 0.3) is 11.5 Å². The van der Waals surface area contributed by atoms with Crippen molar-refractivity contribution in [3.05, 3.63) is 74.4 Å². The van der Waals surface area contributed by atoms with Gasteiger partial charge in [-0.2, -0.15) is 0 Å². The molecule has 0 radical (unpaired) electrons. The van der Waals surface area contributed by atoms with Gasteiger partial charge in [-0.15, -0.1) is 5.10 Å². The minimum Gasteiger partial charge on any atom is -0.350 e. The molecule has 2 heterocycles. The molecule has 0 aliphatic carbocycles. The first kappa shape index (κ1) is 23.9. The fraction of sp³-hybridized carbons (Fsp3) is 0.320. The maximum atomic E-state index is 13.4. The summed E-state index contributed by atoms with van der Waals surface area (Å²) in [6, 6.07) is 11.5. The highest BCUT2D eigenvalue weighted by atomic mass is 16.2. The molecule has 0 fully saturated rings. The van der Waals surface area contributed by atoms with Gasteiger partial charge < -0.3 is 10.6 Å². The number of fused-ring (bicyclic) bond motifs is 3. The topological polar surface area (TPSA) is 120 Å². The number of aryl methyl sites for hydroxylation is 1. The molecule has 0 saturated heterocycles. The number of carbonyl (C=O) groups excluding carboxylic acids is 2. The van der Waals surface area contributed by atoms with E-state index in [1.54, 1.807) is 18.2 Å². The Balaban J connectivity index is 1.85. The molecule has 2 amide bonds. The van der Waals surface area contributed by atoms with Crippen LogP contribution < -0.4 is 21.9 Å². The number of nitrogens with one attached hydrogen (secondary N) is 2. The van der Waals surface area contributed by atoms with Crippen molar-refractivity contribution in [3.63, 3.8) is 0 Å². The number of hydrogen-bond acceptors (Lipinski definition) is 5. The molecule has 2 aromatic heterocycles. The van der Waals surface area contributed by atoms with Crippen LogP contribution in [0.5, 0.6) is 0 Å². The lowest BCUT2D eigenvalue weighted by Gasteiger charge is -2.13. The number of rotatable bonds is 6. The maximum Gasteiger partial charge on any atom is 0.352 e. The smallest absolute Gasteiger partial charge is 0.350 e. The molecule has 182 valence electrons. The van der Waals surface area contributed by atoms with Gasteiger partial charge in [-0.05, 0) is 70.5 Å². The number of hydrogen-bond donors (Lipinski definition) is 2. The van der Waals surface area contributed by atoms with Gasteiger partial charge in [-0.3, -0.25) is 19.0 Å². The van der Waals surface area contributed by atoms with Crippen LogP contribution in [-0.4, -0.2) is 36.6 Å². The third-order valence-corrected chi connectivity index (χ3v) is 5.52. The molecular weight excluding hydrogens is 448 g/mol. The summed E-state index contributed by atoms with van der Waals surface area (Å²) in [5.41, 5.74) is 1.24. The molecule has 0 unspecified atom stereocenters. The largest absolute Gasteiger partial charge is 0.352 e. The van der Waals surface area contributed by atoms with Crippen molar-refractivity contribution in [1.29, 1.82) is 0 Å². The average Bonchev–Trinajstić information content (AvgIpc) is 3.08. The monoisotopic (exact) mass is 476 g/mol. The van der Waals surface area contributed by atoms with E-state index in [4.69, 9.17) is 0 Å². The Morgan fingerprint density at radius 3 is 2.43 bits per heavy atom. The van der Waals surface area contributed by atoms with E-state index in [1.165, 1.54) is 15.0 Å². The molecule has 0 spiro atoms. The standard InChI is InChI=1S/C25H28N6O4/c1-14(2)26-22(33)17-9-10-19-20(12-17)31-24(30(15(3)4)23(19)34)28-29(25(31)35)13-21(32)27-18-8-6-7-16(5)11-18/h6-12,14-15H,13H2,1-5H3,(H,26,33)(H,27,32). The fourth-order valence-corrected chi connectivity index (χ4v) is 4.00. The van der Waals surface area contributed by atoms with Crippen molar-refractivity contribution in [2.75, 3.05) is 5.32 Å². The first-order chi connectivity index (χ1) is 16.6. The summed E-state index contributed by atoms with van der Waals surface area (Å²) >= 11 is 0. The lowest BCUT2D eigenvalue weighted by Crippen LogP contribution is -2.31. The van der Waals surface area contributed by atoms with E-state index in [9.17, 15) is 19.2 Å². The van der Waals surface area contributed by atoms with Crippen molar-refractivity contribution < 1.29 is 9.59 Å². The highest BCUT2D eigenvalue weighted by molar-refractivity contribution is 5.98. The van der Waals surface area contributed by atoms with Gasteiger partial charge in [0.1, 0.15) is 6.54 Å². The highest BCUT2D eigenvalue weighted by Crippen LogP contribution is 2.17. The van der Waals surface area contributed by atoms with Gasteiger partial charge >= 0.3 is 5.69 Å². The number of benzene rings is 2. The maximum absolute atomic E-state index is 13.4. The third-order valence-electron chi connectivity index (χ3n) is 5.52. The summed E-state index contributed by atoms with van der Waals surface area (Å²) in [6.07, 6.45) is 0. The van der Waals surface area contributed by atoms with Crippen molar-refractivity contribution in [2.24, 2.45) is 0 Å².